The van der Waals surface area contributed by atoms with Crippen LogP contribution in [-0.2, 0) is 10.0 Å². The molecule has 0 amide bonds. The minimum absolute atomic E-state index is 0.129. The van der Waals surface area contributed by atoms with Crippen LogP contribution in [0.1, 0.15) is 30.0 Å². The van der Waals surface area contributed by atoms with E-state index in [2.05, 4.69) is 4.72 Å². The first-order valence-electron chi connectivity index (χ1n) is 7.21. The van der Waals surface area contributed by atoms with Gasteiger partial charge in [0.15, 0.2) is 0 Å². The third-order valence-corrected chi connectivity index (χ3v) is 5.52. The molecular weight excluding hydrogens is 282 g/mol. The molecule has 21 heavy (non-hydrogen) atoms. The molecule has 1 unspecified atom stereocenters. The Morgan fingerprint density at radius 1 is 1.00 bits per heavy atom. The maximum atomic E-state index is 12.7. The molecule has 1 aliphatic carbocycles. The van der Waals surface area contributed by atoms with Crippen molar-refractivity contribution >= 4 is 10.0 Å². The van der Waals surface area contributed by atoms with Crippen molar-refractivity contribution in [3.05, 3.63) is 65.7 Å². The van der Waals surface area contributed by atoms with Crippen LogP contribution in [0, 0.1) is 12.8 Å². The summed E-state index contributed by atoms with van der Waals surface area (Å²) in [6, 6.07) is 16.8. The average Bonchev–Trinajstić information content (AvgIpc) is 3.31. The lowest BCUT2D eigenvalue weighted by molar-refractivity contribution is 0.528. The molecule has 2 aromatic carbocycles. The van der Waals surface area contributed by atoms with E-state index in [1.807, 2.05) is 49.4 Å². The molecule has 0 spiro atoms. The summed E-state index contributed by atoms with van der Waals surface area (Å²) in [5.74, 6) is 0.409. The minimum Gasteiger partial charge on any atom is -0.207 e. The first-order valence-corrected chi connectivity index (χ1v) is 8.69. The molecule has 1 saturated carbocycles. The summed E-state index contributed by atoms with van der Waals surface area (Å²) in [5, 5.41) is 0. The lowest BCUT2D eigenvalue weighted by Gasteiger charge is -2.19. The highest BCUT2D eigenvalue weighted by Gasteiger charge is 2.35. The van der Waals surface area contributed by atoms with Gasteiger partial charge in [-0.25, -0.2) is 13.1 Å². The second-order valence-corrected chi connectivity index (χ2v) is 7.29. The van der Waals surface area contributed by atoms with Crippen LogP contribution in [0.25, 0.3) is 0 Å². The monoisotopic (exact) mass is 301 g/mol. The lowest BCUT2D eigenvalue weighted by Crippen LogP contribution is -2.30. The molecule has 0 saturated heterocycles. The molecule has 1 atom stereocenters. The number of hydrogen-bond donors (Lipinski definition) is 1. The summed E-state index contributed by atoms with van der Waals surface area (Å²) in [5.41, 5.74) is 1.81. The van der Waals surface area contributed by atoms with Gasteiger partial charge in [0, 0.05) is 6.04 Å². The van der Waals surface area contributed by atoms with Gasteiger partial charge in [-0.3, -0.25) is 0 Å². The molecule has 3 nitrogen and oxygen atoms in total. The summed E-state index contributed by atoms with van der Waals surface area (Å²) >= 11 is 0. The molecule has 0 aliphatic heterocycles. The van der Waals surface area contributed by atoms with Gasteiger partial charge in [0.25, 0.3) is 0 Å². The predicted molar refractivity (Wildman–Crippen MR) is 83.4 cm³/mol. The molecule has 0 aromatic heterocycles. The Kier molecular flexibility index (Phi) is 3.83. The zero-order valence-electron chi connectivity index (χ0n) is 12.0. The normalized spacial score (nSPS) is 16.6. The van der Waals surface area contributed by atoms with Gasteiger partial charge in [-0.15, -0.1) is 0 Å². The van der Waals surface area contributed by atoms with Crippen molar-refractivity contribution in [1.29, 1.82) is 0 Å². The molecule has 4 heteroatoms. The van der Waals surface area contributed by atoms with Crippen LogP contribution in [0.2, 0.25) is 0 Å². The van der Waals surface area contributed by atoms with Crippen molar-refractivity contribution in [2.45, 2.75) is 30.7 Å². The van der Waals surface area contributed by atoms with E-state index in [0.29, 0.717) is 10.8 Å². The van der Waals surface area contributed by atoms with Gasteiger partial charge in [-0.2, -0.15) is 0 Å². The summed E-state index contributed by atoms with van der Waals surface area (Å²) in [7, 11) is -3.49. The van der Waals surface area contributed by atoms with Crippen LogP contribution in [-0.4, -0.2) is 8.42 Å². The van der Waals surface area contributed by atoms with Crippen molar-refractivity contribution in [1.82, 2.24) is 4.72 Å². The first-order chi connectivity index (χ1) is 10.1. The highest BCUT2D eigenvalue weighted by atomic mass is 32.2. The predicted octanol–water partition coefficient (Wildman–Crippen LogP) is 3.42. The Hall–Kier alpha value is -1.65. The van der Waals surface area contributed by atoms with Crippen LogP contribution in [0.4, 0.5) is 0 Å². The van der Waals surface area contributed by atoms with Crippen molar-refractivity contribution in [3.8, 4) is 0 Å². The zero-order chi connectivity index (χ0) is 14.9. The average molecular weight is 301 g/mol. The number of rotatable bonds is 5. The van der Waals surface area contributed by atoms with E-state index in [0.717, 1.165) is 24.0 Å². The minimum atomic E-state index is -3.49. The highest BCUT2D eigenvalue weighted by Crippen LogP contribution is 2.41. The van der Waals surface area contributed by atoms with Crippen molar-refractivity contribution in [2.75, 3.05) is 0 Å². The van der Waals surface area contributed by atoms with Gasteiger partial charge in [-0.05, 0) is 42.9 Å². The topological polar surface area (TPSA) is 46.2 Å². The van der Waals surface area contributed by atoms with Gasteiger partial charge in [0.2, 0.25) is 10.0 Å². The Balaban J connectivity index is 1.91. The van der Waals surface area contributed by atoms with Crippen LogP contribution in [0.5, 0.6) is 0 Å². The molecule has 3 rings (SSSR count). The van der Waals surface area contributed by atoms with E-state index in [9.17, 15) is 8.42 Å². The number of aryl methyl sites for hydroxylation is 1. The van der Waals surface area contributed by atoms with Crippen LogP contribution >= 0.6 is 0 Å². The SMILES string of the molecule is Cc1ccccc1S(=O)(=O)NC(c1ccccc1)C1CC1. The smallest absolute Gasteiger partial charge is 0.207 e. The van der Waals surface area contributed by atoms with Gasteiger partial charge >= 0.3 is 0 Å². The Morgan fingerprint density at radius 3 is 2.24 bits per heavy atom. The molecule has 2 aromatic rings. The van der Waals surface area contributed by atoms with Crippen molar-refractivity contribution < 1.29 is 8.42 Å². The summed E-state index contributed by atoms with van der Waals surface area (Å²) in [6.45, 7) is 1.82. The molecular formula is C17H19NO2S. The molecule has 1 N–H and O–H groups in total. The highest BCUT2D eigenvalue weighted by molar-refractivity contribution is 7.89. The van der Waals surface area contributed by atoms with Crippen LogP contribution in [0.3, 0.4) is 0 Å². The third-order valence-electron chi connectivity index (χ3n) is 3.92. The molecule has 0 bridgehead atoms. The molecule has 1 fully saturated rings. The first kappa shape index (κ1) is 14.3. The van der Waals surface area contributed by atoms with Gasteiger partial charge < -0.3 is 0 Å². The quantitative estimate of drug-likeness (QED) is 0.919. The standard InChI is InChI=1S/C17H19NO2S/c1-13-7-5-6-10-16(13)21(19,20)18-17(15-11-12-15)14-8-3-2-4-9-14/h2-10,15,17-18H,11-12H2,1H3. The molecule has 0 heterocycles. The second-order valence-electron chi connectivity index (χ2n) is 5.61. The second kappa shape index (κ2) is 5.62. The summed E-state index contributed by atoms with van der Waals surface area (Å²) < 4.78 is 28.2. The molecule has 0 radical (unpaired) electrons. The van der Waals surface area contributed by atoms with Gasteiger partial charge in [0.05, 0.1) is 4.90 Å². The third kappa shape index (κ3) is 3.17. The van der Waals surface area contributed by atoms with Gasteiger partial charge in [-0.1, -0.05) is 48.5 Å². The molecule has 1 aliphatic rings. The lowest BCUT2D eigenvalue weighted by atomic mass is 10.0. The Morgan fingerprint density at radius 2 is 1.62 bits per heavy atom. The fraction of sp³-hybridized carbons (Fsp3) is 0.294. The largest absolute Gasteiger partial charge is 0.241 e. The maximum Gasteiger partial charge on any atom is 0.241 e. The van der Waals surface area contributed by atoms with E-state index in [1.165, 1.54) is 0 Å². The van der Waals surface area contributed by atoms with E-state index in [-0.39, 0.29) is 6.04 Å². The van der Waals surface area contributed by atoms with Crippen molar-refractivity contribution in [2.24, 2.45) is 5.92 Å². The van der Waals surface area contributed by atoms with Crippen molar-refractivity contribution in [3.63, 3.8) is 0 Å². The number of nitrogens with one attached hydrogen (secondary N) is 1. The summed E-state index contributed by atoms with van der Waals surface area (Å²) in [4.78, 5) is 0.367. The van der Waals surface area contributed by atoms with Gasteiger partial charge in [0.1, 0.15) is 0 Å². The van der Waals surface area contributed by atoms with E-state index < -0.39 is 10.0 Å². The number of hydrogen-bond acceptors (Lipinski definition) is 2. The number of benzene rings is 2. The zero-order valence-corrected chi connectivity index (χ0v) is 12.8. The van der Waals surface area contributed by atoms with Crippen LogP contribution < -0.4 is 4.72 Å². The Bertz CT molecular complexity index is 721. The maximum absolute atomic E-state index is 12.7. The fourth-order valence-corrected chi connectivity index (χ4v) is 4.15. The van der Waals surface area contributed by atoms with Crippen LogP contribution in [0.15, 0.2) is 59.5 Å². The van der Waals surface area contributed by atoms with E-state index in [1.54, 1.807) is 12.1 Å². The van der Waals surface area contributed by atoms with E-state index >= 15 is 0 Å². The molecule has 110 valence electrons. The Labute approximate surface area is 126 Å². The fourth-order valence-electron chi connectivity index (χ4n) is 2.61. The van der Waals surface area contributed by atoms with E-state index in [4.69, 9.17) is 0 Å². The summed E-state index contributed by atoms with van der Waals surface area (Å²) in [6.07, 6.45) is 2.16. The number of sulfonamides is 1.